The van der Waals surface area contributed by atoms with E-state index in [-0.39, 0.29) is 11.0 Å². The van der Waals surface area contributed by atoms with Crippen molar-refractivity contribution in [2.75, 3.05) is 53.4 Å². The van der Waals surface area contributed by atoms with Crippen LogP contribution in [0.15, 0.2) is 97.1 Å². The predicted octanol–water partition coefficient (Wildman–Crippen LogP) is 9.07. The molecular formula is C44H64Cl2N14O16Pt2-6. The van der Waals surface area contributed by atoms with Gasteiger partial charge in [0.05, 0.1) is 41.9 Å². The Kier molecular flexibility index (Phi) is 62.3. The molecule has 2 aromatic heterocycles. The van der Waals surface area contributed by atoms with Crippen LogP contribution in [0.5, 0.6) is 0 Å². The van der Waals surface area contributed by atoms with Gasteiger partial charge in [-0.25, -0.2) is 9.97 Å². The van der Waals surface area contributed by atoms with Crippen LogP contribution >= 0.6 is 18.8 Å². The first-order valence-corrected chi connectivity index (χ1v) is 27.1. The minimum atomic E-state index is -1.75. The van der Waals surface area contributed by atoms with Gasteiger partial charge in [-0.2, -0.15) is 26.2 Å². The molecule has 34 heteroatoms. The van der Waals surface area contributed by atoms with Gasteiger partial charge in [0, 0.05) is 24.3 Å². The molecule has 0 unspecified atom stereocenters. The first-order chi connectivity index (χ1) is 36.1. The maximum atomic E-state index is 9.50. The summed E-state index contributed by atoms with van der Waals surface area (Å²) >= 11 is 3.22. The number of aryl methyl sites for hydroxylation is 2. The van der Waals surface area contributed by atoms with E-state index < -0.39 is 20.3 Å². The number of fused-ring (bicyclic) bond motifs is 4. The van der Waals surface area contributed by atoms with Gasteiger partial charge in [-0.05, 0) is 74.9 Å². The Hall–Kier alpha value is -6.40. The molecular weight excluding hydrogens is 1440 g/mol. The minimum Gasteiger partial charge on any atom is -0.677 e. The molecule has 4 aromatic carbocycles. The summed E-state index contributed by atoms with van der Waals surface area (Å²) in [7, 11) is 13.1. The smallest absolute Gasteiger partial charge is 0.0916 e. The van der Waals surface area contributed by atoms with Crippen molar-refractivity contribution in [3.05, 3.63) is 203 Å². The van der Waals surface area contributed by atoms with E-state index in [1.807, 2.05) is 23.9 Å². The Labute approximate surface area is 479 Å². The van der Waals surface area contributed by atoms with Crippen molar-refractivity contribution < 1.29 is 89.3 Å². The number of halogens is 2. The Morgan fingerprint density at radius 3 is 0.808 bits per heavy atom. The molecule has 78 heavy (non-hydrogen) atoms. The molecule has 0 aliphatic heterocycles. The summed E-state index contributed by atoms with van der Waals surface area (Å²) in [4.78, 5) is 43.8. The van der Waals surface area contributed by atoms with E-state index in [0.29, 0.717) is 37.9 Å². The number of hydrogen-bond donors (Lipinski definition) is 2. The van der Waals surface area contributed by atoms with Gasteiger partial charge in [0.15, 0.2) is 0 Å². The van der Waals surface area contributed by atoms with Gasteiger partial charge in [0.2, 0.25) is 22.1 Å². The number of pyridine rings is 2. The zero-order valence-corrected chi connectivity index (χ0v) is 48.5. The van der Waals surface area contributed by atoms with Gasteiger partial charge < -0.3 is 116 Å². The topological polar surface area (TPSA) is 543 Å². The number of nitrogens with one attached hydrogen (secondary N) is 6. The fourth-order valence-corrected chi connectivity index (χ4v) is 6.03. The zero-order chi connectivity index (χ0) is 59.6. The number of nitrogens with zero attached hydrogens (tertiary/aromatic N) is 8. The molecule has 0 saturated carbocycles. The number of H-pyrrole nitrogens is 2. The first kappa shape index (κ1) is 85.5. The summed E-state index contributed by atoms with van der Waals surface area (Å²) in [6, 6.07) is 33.9. The number of para-hydroxylation sites is 4. The first-order valence-electron chi connectivity index (χ1n) is 21.5. The van der Waals surface area contributed by atoms with Crippen molar-refractivity contribution in [3.8, 4) is 0 Å². The molecule has 0 radical (unpaired) electrons. The predicted molar refractivity (Wildman–Crippen MR) is 298 cm³/mol. The monoisotopic (exact) mass is 1500 g/mol. The summed E-state index contributed by atoms with van der Waals surface area (Å²) in [5.41, 5.74) is 33.4. The third kappa shape index (κ3) is 44.7. The molecule has 0 aliphatic rings. The van der Waals surface area contributed by atoms with Crippen LogP contribution in [-0.2, 0) is 50.4 Å². The van der Waals surface area contributed by atoms with Crippen molar-refractivity contribution in [2.24, 2.45) is 0 Å². The van der Waals surface area contributed by atoms with E-state index in [1.165, 1.54) is 54.7 Å². The van der Waals surface area contributed by atoms with Gasteiger partial charge >= 0.3 is 56.4 Å². The molecule has 0 saturated heterocycles. The molecule has 446 valence electrons. The molecule has 6 rings (SSSR count). The van der Waals surface area contributed by atoms with Crippen LogP contribution < -0.4 is 9.97 Å². The summed E-state index contributed by atoms with van der Waals surface area (Å²) < 4.78 is 0. The summed E-state index contributed by atoms with van der Waals surface area (Å²) in [5, 5.41) is 95.1. The molecule has 0 bridgehead atoms. The van der Waals surface area contributed by atoms with Gasteiger partial charge in [-0.3, -0.25) is 10.5 Å². The zero-order valence-electron chi connectivity index (χ0n) is 42.5. The summed E-state index contributed by atoms with van der Waals surface area (Å²) in [5.74, 6) is 0.743. The van der Waals surface area contributed by atoms with E-state index >= 15 is 0 Å². The third-order valence-electron chi connectivity index (χ3n) is 9.20. The molecule has 30 nitrogen and oxygen atoms in total. The quantitative estimate of drug-likeness (QED) is 0.0288. The standard InChI is InChI=1S/2C19H20N3.2C3H8N2.2ClH.4NO3.H2O2.2H2O.2Pt/c2*1-14(20)22(2)13-7-10-15-16-8-3-5-11-18(16)21-19-12-6-4-9-17(15)19;2*4-2-1-3-5;;;4*2-1(3)4;1-2;;;;/h2*3-6,8-9,11-12H,7,10,13H2,1-2H3;2*4-5H,1-3H2;2*1H;;;;;1-2H;2*1H2;;/q2*-1;2*-2;;;4*-1;;;;2*+2. The fourth-order valence-electron chi connectivity index (χ4n) is 6.03. The van der Waals surface area contributed by atoms with Gasteiger partial charge in [-0.15, -0.1) is 0 Å². The van der Waals surface area contributed by atoms with Crippen LogP contribution in [0.1, 0.15) is 50.7 Å². The van der Waals surface area contributed by atoms with Crippen molar-refractivity contribution in [1.82, 2.24) is 9.80 Å². The van der Waals surface area contributed by atoms with Gasteiger partial charge in [0.1, 0.15) is 0 Å². The molecule has 2 heterocycles. The minimum absolute atomic E-state index is 0. The second kappa shape index (κ2) is 56.8. The Morgan fingerprint density at radius 2 is 0.654 bits per heavy atom. The normalized spacial score (nSPS) is 8.77. The molecule has 0 aliphatic carbocycles. The van der Waals surface area contributed by atoms with Crippen LogP contribution in [0.25, 0.3) is 77.4 Å². The molecule has 12 N–H and O–H groups in total. The Bertz CT molecular complexity index is 2220. The second-order valence-electron chi connectivity index (χ2n) is 14.1. The van der Waals surface area contributed by atoms with Gasteiger partial charge in [-0.1, -0.05) is 100 Å². The van der Waals surface area contributed by atoms with Crippen LogP contribution in [0.2, 0.25) is 0 Å². The Morgan fingerprint density at radius 1 is 0.474 bits per heavy atom. The number of hydrogen-bond acceptors (Lipinski definition) is 14. The number of benzene rings is 4. The van der Waals surface area contributed by atoms with Crippen molar-refractivity contribution >= 4 is 74.1 Å². The maximum Gasteiger partial charge on any atom is -0.0916 e. The fraction of sp³-hybridized carbons (Fsp3) is 0.364. The average Bonchev–Trinajstić information content (AvgIpc) is 3.38. The number of aromatic nitrogens is 2. The summed E-state index contributed by atoms with van der Waals surface area (Å²) in [6.07, 6.45) is 5.44. The van der Waals surface area contributed by atoms with Crippen LogP contribution in [0.4, 0.5) is 0 Å². The van der Waals surface area contributed by atoms with Gasteiger partial charge in [0.25, 0.3) is 0 Å². The van der Waals surface area contributed by atoms with Crippen molar-refractivity contribution in [3.63, 3.8) is 0 Å². The van der Waals surface area contributed by atoms with Crippen LogP contribution in [-0.4, -0.2) is 117 Å². The molecule has 0 atom stereocenters. The van der Waals surface area contributed by atoms with Crippen molar-refractivity contribution in [1.29, 1.82) is 0 Å². The number of rotatable bonds is 12. The van der Waals surface area contributed by atoms with Crippen LogP contribution in [0.3, 0.4) is 0 Å². The van der Waals surface area contributed by atoms with E-state index in [9.17, 15) is 10.8 Å². The van der Waals surface area contributed by atoms with E-state index in [1.54, 1.807) is 51.4 Å². The maximum absolute atomic E-state index is 9.50. The van der Waals surface area contributed by atoms with E-state index in [0.717, 1.165) is 51.6 Å². The van der Waals surface area contributed by atoms with Crippen LogP contribution in [0, 0.1) is 61.3 Å². The number of amidine groups is 2. The molecule has 6 aromatic rings. The third-order valence-corrected chi connectivity index (χ3v) is 9.20. The number of aromatic amines is 2. The Balaban J connectivity index is -0.000000166. The van der Waals surface area contributed by atoms with E-state index in [4.69, 9.17) is 94.7 Å². The second-order valence-corrected chi connectivity index (χ2v) is 14.1. The molecule has 0 fully saturated rings. The average molecular weight is 1510 g/mol. The largest absolute Gasteiger partial charge is 0.677 e. The SMILES string of the molecule is CC(=[N-])N(C)CCCc1c2ccccc2[nH+]c2ccccc12.CC(=[N-])N(C)CCCc1c2ccccc2[nH+]c2ccccc12.O.O.O=[N+]([O-])[O-].O=[N+]([O-])[O-].O=[N+]([O-])[O-].O=[N+]([O-])[O-].OO.[Cl][Pt+].[Cl][Pt+].[NH-]CCC[NH-].[NH-]CCC[NH-]. The van der Waals surface area contributed by atoms with E-state index in [2.05, 4.69) is 126 Å². The summed E-state index contributed by atoms with van der Waals surface area (Å²) in [6.45, 7) is 6.78. The molecule has 0 amide bonds. The van der Waals surface area contributed by atoms with Crippen molar-refractivity contribution in [2.45, 2.75) is 52.4 Å². The molecule has 0 spiro atoms.